The lowest BCUT2D eigenvalue weighted by Crippen LogP contribution is -2.16. The van der Waals surface area contributed by atoms with Gasteiger partial charge in [0.1, 0.15) is 0 Å². The first-order chi connectivity index (χ1) is 8.86. The Hall–Kier alpha value is -0.360. The van der Waals surface area contributed by atoms with Crippen LogP contribution in [0.4, 0.5) is 0 Å². The van der Waals surface area contributed by atoms with Gasteiger partial charge in [0, 0.05) is 26.3 Å². The topological polar surface area (TPSA) is 64.5 Å². The quantitative estimate of drug-likeness (QED) is 0.492. The Kier molecular flexibility index (Phi) is 16.5. The molecule has 4 nitrogen and oxygen atoms in total. The molecule has 20 heavy (non-hydrogen) atoms. The van der Waals surface area contributed by atoms with Crippen LogP contribution in [0.15, 0.2) is 24.3 Å². The second-order valence-corrected chi connectivity index (χ2v) is 4.32. The lowest BCUT2D eigenvalue weighted by molar-refractivity contribution is 0.285. The summed E-state index contributed by atoms with van der Waals surface area (Å²) in [5.74, 6) is 0. The smallest absolute Gasteiger partial charge is 0.0443 e. The molecular formula is C14H26Cl2N2O2. The molecule has 0 heterocycles. The minimum Gasteiger partial charge on any atom is -0.396 e. The molecule has 0 fully saturated rings. The van der Waals surface area contributed by atoms with Crippen LogP contribution in [-0.4, -0.2) is 36.5 Å². The predicted octanol–water partition coefficient (Wildman–Crippen LogP) is 1.47. The summed E-state index contributed by atoms with van der Waals surface area (Å²) in [5.41, 5.74) is 2.51. The van der Waals surface area contributed by atoms with E-state index >= 15 is 0 Å². The number of nitrogens with one attached hydrogen (secondary N) is 2. The highest BCUT2D eigenvalue weighted by Crippen LogP contribution is 2.04. The summed E-state index contributed by atoms with van der Waals surface area (Å²) in [5, 5.41) is 23.9. The molecular weight excluding hydrogens is 299 g/mol. The van der Waals surface area contributed by atoms with Crippen LogP contribution in [0, 0.1) is 0 Å². The Morgan fingerprint density at radius 3 is 1.35 bits per heavy atom. The normalized spacial score (nSPS) is 9.70. The van der Waals surface area contributed by atoms with E-state index in [1.165, 1.54) is 11.1 Å². The summed E-state index contributed by atoms with van der Waals surface area (Å²) in [4.78, 5) is 0. The van der Waals surface area contributed by atoms with Gasteiger partial charge in [-0.1, -0.05) is 24.3 Å². The van der Waals surface area contributed by atoms with Crippen LogP contribution < -0.4 is 10.6 Å². The molecule has 0 aromatic heterocycles. The Balaban J connectivity index is 0. The van der Waals surface area contributed by atoms with Gasteiger partial charge in [-0.15, -0.1) is 24.8 Å². The molecule has 0 amide bonds. The largest absolute Gasteiger partial charge is 0.396 e. The first-order valence-corrected chi connectivity index (χ1v) is 6.58. The second kappa shape index (κ2) is 15.0. The molecule has 1 aromatic rings. The third kappa shape index (κ3) is 10.4. The second-order valence-electron chi connectivity index (χ2n) is 4.32. The number of aliphatic hydroxyl groups is 2. The van der Waals surface area contributed by atoms with Crippen LogP contribution in [0.2, 0.25) is 0 Å². The van der Waals surface area contributed by atoms with Gasteiger partial charge >= 0.3 is 0 Å². The van der Waals surface area contributed by atoms with Crippen molar-refractivity contribution in [3.8, 4) is 0 Å². The molecule has 0 aliphatic heterocycles. The average molecular weight is 325 g/mol. The Morgan fingerprint density at radius 2 is 1.05 bits per heavy atom. The lowest BCUT2D eigenvalue weighted by atomic mass is 10.1. The third-order valence-electron chi connectivity index (χ3n) is 2.70. The summed E-state index contributed by atoms with van der Waals surface area (Å²) < 4.78 is 0. The van der Waals surface area contributed by atoms with E-state index in [2.05, 4.69) is 34.9 Å². The molecule has 0 aliphatic carbocycles. The Morgan fingerprint density at radius 1 is 0.700 bits per heavy atom. The van der Waals surface area contributed by atoms with Gasteiger partial charge in [0.15, 0.2) is 0 Å². The Bertz CT molecular complexity index is 280. The Labute approximate surface area is 133 Å². The number of hydrogen-bond donors (Lipinski definition) is 4. The molecule has 118 valence electrons. The van der Waals surface area contributed by atoms with E-state index in [0.29, 0.717) is 0 Å². The van der Waals surface area contributed by atoms with E-state index in [1.54, 1.807) is 0 Å². The number of rotatable bonds is 10. The molecule has 0 atom stereocenters. The van der Waals surface area contributed by atoms with Gasteiger partial charge in [-0.25, -0.2) is 0 Å². The fourth-order valence-corrected chi connectivity index (χ4v) is 1.65. The van der Waals surface area contributed by atoms with E-state index < -0.39 is 0 Å². The van der Waals surface area contributed by atoms with Crippen molar-refractivity contribution in [3.63, 3.8) is 0 Å². The molecule has 0 bridgehead atoms. The van der Waals surface area contributed by atoms with Crippen LogP contribution in [0.3, 0.4) is 0 Å². The van der Waals surface area contributed by atoms with Crippen molar-refractivity contribution in [2.75, 3.05) is 26.3 Å². The average Bonchev–Trinajstić information content (AvgIpc) is 2.41. The van der Waals surface area contributed by atoms with Crippen molar-refractivity contribution in [1.82, 2.24) is 10.6 Å². The van der Waals surface area contributed by atoms with Crippen molar-refractivity contribution in [1.29, 1.82) is 0 Å². The fraction of sp³-hybridized carbons (Fsp3) is 0.571. The van der Waals surface area contributed by atoms with Gasteiger partial charge in [-0.05, 0) is 37.1 Å². The molecule has 0 unspecified atom stereocenters. The SMILES string of the molecule is Cl.Cl.OCCCNCc1ccc(CNCCCO)cc1. The molecule has 1 aromatic carbocycles. The zero-order valence-electron chi connectivity index (χ0n) is 11.7. The first-order valence-electron chi connectivity index (χ1n) is 6.58. The van der Waals surface area contributed by atoms with E-state index in [4.69, 9.17) is 10.2 Å². The molecule has 6 heteroatoms. The van der Waals surface area contributed by atoms with Gasteiger partial charge < -0.3 is 20.8 Å². The molecule has 0 saturated heterocycles. The highest BCUT2D eigenvalue weighted by Gasteiger charge is 1.95. The van der Waals surface area contributed by atoms with E-state index in [-0.39, 0.29) is 38.0 Å². The summed E-state index contributed by atoms with van der Waals surface area (Å²) in [7, 11) is 0. The number of halogens is 2. The van der Waals surface area contributed by atoms with Crippen molar-refractivity contribution >= 4 is 24.8 Å². The van der Waals surface area contributed by atoms with E-state index in [9.17, 15) is 0 Å². The van der Waals surface area contributed by atoms with Crippen molar-refractivity contribution in [3.05, 3.63) is 35.4 Å². The predicted molar refractivity (Wildman–Crippen MR) is 87.8 cm³/mol. The molecule has 0 spiro atoms. The van der Waals surface area contributed by atoms with Gasteiger partial charge in [-0.2, -0.15) is 0 Å². The zero-order valence-corrected chi connectivity index (χ0v) is 13.3. The fourth-order valence-electron chi connectivity index (χ4n) is 1.65. The maximum absolute atomic E-state index is 8.66. The molecule has 0 saturated carbocycles. The van der Waals surface area contributed by atoms with Crippen LogP contribution in [0.1, 0.15) is 24.0 Å². The first kappa shape index (κ1) is 21.9. The monoisotopic (exact) mass is 324 g/mol. The van der Waals surface area contributed by atoms with E-state index in [1.807, 2.05) is 0 Å². The van der Waals surface area contributed by atoms with Gasteiger partial charge in [-0.3, -0.25) is 0 Å². The molecule has 1 rings (SSSR count). The van der Waals surface area contributed by atoms with Crippen LogP contribution >= 0.6 is 24.8 Å². The lowest BCUT2D eigenvalue weighted by Gasteiger charge is -2.06. The van der Waals surface area contributed by atoms with Crippen molar-refractivity contribution < 1.29 is 10.2 Å². The van der Waals surface area contributed by atoms with E-state index in [0.717, 1.165) is 39.0 Å². The summed E-state index contributed by atoms with van der Waals surface area (Å²) >= 11 is 0. The number of hydrogen-bond acceptors (Lipinski definition) is 4. The van der Waals surface area contributed by atoms with Gasteiger partial charge in [0.05, 0.1) is 0 Å². The van der Waals surface area contributed by atoms with Crippen LogP contribution in [0.5, 0.6) is 0 Å². The summed E-state index contributed by atoms with van der Waals surface area (Å²) in [6, 6.07) is 8.48. The van der Waals surface area contributed by atoms with Crippen LogP contribution in [0.25, 0.3) is 0 Å². The summed E-state index contributed by atoms with van der Waals surface area (Å²) in [6.45, 7) is 3.87. The zero-order chi connectivity index (χ0) is 13.1. The minimum absolute atomic E-state index is 0. The number of aliphatic hydroxyl groups excluding tert-OH is 2. The van der Waals surface area contributed by atoms with Gasteiger partial charge in [0.25, 0.3) is 0 Å². The third-order valence-corrected chi connectivity index (χ3v) is 2.70. The molecule has 4 N–H and O–H groups in total. The summed E-state index contributed by atoms with van der Waals surface area (Å²) in [6.07, 6.45) is 1.60. The van der Waals surface area contributed by atoms with Crippen molar-refractivity contribution in [2.45, 2.75) is 25.9 Å². The van der Waals surface area contributed by atoms with Crippen molar-refractivity contribution in [2.24, 2.45) is 0 Å². The highest BCUT2D eigenvalue weighted by atomic mass is 35.5. The maximum atomic E-state index is 8.66. The highest BCUT2D eigenvalue weighted by molar-refractivity contribution is 5.85. The molecule has 0 aliphatic rings. The maximum Gasteiger partial charge on any atom is 0.0443 e. The molecule has 0 radical (unpaired) electrons. The van der Waals surface area contributed by atoms with Gasteiger partial charge in [0.2, 0.25) is 0 Å². The minimum atomic E-state index is 0. The number of benzene rings is 1. The van der Waals surface area contributed by atoms with Crippen LogP contribution in [-0.2, 0) is 13.1 Å². The standard InChI is InChI=1S/C14H24N2O2.2ClH/c17-9-1-7-15-11-13-3-5-14(6-4-13)12-16-8-2-10-18;;/h3-6,15-18H,1-2,7-12H2;2*1H.